The highest BCUT2D eigenvalue weighted by molar-refractivity contribution is 14.1. The molecule has 0 bridgehead atoms. The lowest BCUT2D eigenvalue weighted by atomic mass is 10.2. The van der Waals surface area contributed by atoms with Crippen LogP contribution < -0.4 is 19.5 Å². The third-order valence-electron chi connectivity index (χ3n) is 3.02. The minimum absolute atomic E-state index is 0.0583. The maximum absolute atomic E-state index is 12.1. The minimum atomic E-state index is -0.235. The van der Waals surface area contributed by atoms with Gasteiger partial charge in [0.2, 0.25) is 0 Å². The Morgan fingerprint density at radius 1 is 0.958 bits per heavy atom. The van der Waals surface area contributed by atoms with E-state index < -0.39 is 0 Å². The smallest absolute Gasteiger partial charge is 0.262 e. The SMILES string of the molecule is CCOc1ccc(NC(=O)COc2ccccc2I)cc1OCC. The molecule has 0 fully saturated rings. The molecule has 0 saturated heterocycles. The number of ether oxygens (including phenoxy) is 3. The molecular formula is C18H20INO4. The van der Waals surface area contributed by atoms with Gasteiger partial charge in [0.1, 0.15) is 5.75 Å². The van der Waals surface area contributed by atoms with E-state index in [1.54, 1.807) is 18.2 Å². The number of rotatable bonds is 8. The van der Waals surface area contributed by atoms with Crippen LogP contribution in [0.1, 0.15) is 13.8 Å². The van der Waals surface area contributed by atoms with E-state index >= 15 is 0 Å². The summed E-state index contributed by atoms with van der Waals surface area (Å²) in [7, 11) is 0. The summed E-state index contributed by atoms with van der Waals surface area (Å²) in [5.74, 6) is 1.72. The molecule has 128 valence electrons. The Hall–Kier alpha value is -1.96. The van der Waals surface area contributed by atoms with Gasteiger partial charge in [-0.25, -0.2) is 0 Å². The monoisotopic (exact) mass is 441 g/mol. The third-order valence-corrected chi connectivity index (χ3v) is 3.91. The van der Waals surface area contributed by atoms with Crippen molar-refractivity contribution in [1.82, 2.24) is 0 Å². The fourth-order valence-electron chi connectivity index (χ4n) is 2.03. The lowest BCUT2D eigenvalue weighted by Gasteiger charge is -2.13. The van der Waals surface area contributed by atoms with Gasteiger partial charge in [-0.15, -0.1) is 0 Å². The summed E-state index contributed by atoms with van der Waals surface area (Å²) in [6.07, 6.45) is 0. The van der Waals surface area contributed by atoms with E-state index in [4.69, 9.17) is 14.2 Å². The number of hydrogen-bond acceptors (Lipinski definition) is 4. The Morgan fingerprint density at radius 3 is 2.38 bits per heavy atom. The average Bonchev–Trinajstić information content (AvgIpc) is 2.57. The van der Waals surface area contributed by atoms with E-state index in [2.05, 4.69) is 27.9 Å². The summed E-state index contributed by atoms with van der Waals surface area (Å²) < 4.78 is 17.5. The Kier molecular flexibility index (Phi) is 7.17. The minimum Gasteiger partial charge on any atom is -0.490 e. The van der Waals surface area contributed by atoms with Gasteiger partial charge in [-0.3, -0.25) is 4.79 Å². The highest BCUT2D eigenvalue weighted by Gasteiger charge is 2.09. The van der Waals surface area contributed by atoms with Crippen molar-refractivity contribution in [3.05, 3.63) is 46.0 Å². The van der Waals surface area contributed by atoms with E-state index in [-0.39, 0.29) is 12.5 Å². The summed E-state index contributed by atoms with van der Waals surface area (Å²) in [5.41, 5.74) is 0.637. The summed E-state index contributed by atoms with van der Waals surface area (Å²) in [6, 6.07) is 12.9. The van der Waals surface area contributed by atoms with Gasteiger partial charge in [-0.2, -0.15) is 0 Å². The maximum atomic E-state index is 12.1. The molecule has 1 N–H and O–H groups in total. The van der Waals surface area contributed by atoms with Crippen LogP contribution in [-0.2, 0) is 4.79 Å². The molecule has 0 aliphatic heterocycles. The molecule has 0 aliphatic rings. The van der Waals surface area contributed by atoms with Gasteiger partial charge in [0.05, 0.1) is 16.8 Å². The molecule has 2 aromatic carbocycles. The first-order valence-electron chi connectivity index (χ1n) is 7.70. The fourth-order valence-corrected chi connectivity index (χ4v) is 2.57. The number of benzene rings is 2. The van der Waals surface area contributed by atoms with Crippen molar-refractivity contribution in [3.63, 3.8) is 0 Å². The number of carbonyl (C=O) groups excluding carboxylic acids is 1. The summed E-state index contributed by atoms with van der Waals surface area (Å²) in [5, 5.41) is 2.80. The van der Waals surface area contributed by atoms with Crippen LogP contribution in [0, 0.1) is 3.57 Å². The van der Waals surface area contributed by atoms with E-state index in [1.807, 2.05) is 38.1 Å². The van der Waals surface area contributed by atoms with Crippen molar-refractivity contribution in [2.75, 3.05) is 25.1 Å². The van der Waals surface area contributed by atoms with Gasteiger partial charge in [0.15, 0.2) is 18.1 Å². The van der Waals surface area contributed by atoms with Crippen molar-refractivity contribution < 1.29 is 19.0 Å². The predicted molar refractivity (Wildman–Crippen MR) is 102 cm³/mol. The second-order valence-corrected chi connectivity index (χ2v) is 5.96. The molecule has 0 heterocycles. The number of halogens is 1. The zero-order valence-electron chi connectivity index (χ0n) is 13.7. The molecule has 0 unspecified atom stereocenters. The molecule has 0 atom stereocenters. The van der Waals surface area contributed by atoms with E-state index in [0.717, 1.165) is 3.57 Å². The first kappa shape index (κ1) is 18.4. The van der Waals surface area contributed by atoms with Crippen LogP contribution in [0.5, 0.6) is 17.2 Å². The van der Waals surface area contributed by atoms with Crippen LogP contribution in [0.4, 0.5) is 5.69 Å². The molecule has 0 radical (unpaired) electrons. The van der Waals surface area contributed by atoms with Crippen molar-refractivity contribution in [2.24, 2.45) is 0 Å². The second kappa shape index (κ2) is 9.36. The van der Waals surface area contributed by atoms with Crippen LogP contribution in [-0.4, -0.2) is 25.7 Å². The zero-order valence-corrected chi connectivity index (χ0v) is 15.8. The molecule has 2 aromatic rings. The van der Waals surface area contributed by atoms with E-state index in [9.17, 15) is 4.79 Å². The van der Waals surface area contributed by atoms with E-state index in [1.165, 1.54) is 0 Å². The van der Waals surface area contributed by atoms with Crippen molar-refractivity contribution in [1.29, 1.82) is 0 Å². The Balaban J connectivity index is 1.98. The normalized spacial score (nSPS) is 10.1. The Morgan fingerprint density at radius 2 is 1.67 bits per heavy atom. The highest BCUT2D eigenvalue weighted by Crippen LogP contribution is 2.30. The molecule has 0 aliphatic carbocycles. The maximum Gasteiger partial charge on any atom is 0.262 e. The Labute approximate surface area is 155 Å². The van der Waals surface area contributed by atoms with Gasteiger partial charge < -0.3 is 19.5 Å². The summed E-state index contributed by atoms with van der Waals surface area (Å²) in [6.45, 7) is 4.82. The predicted octanol–water partition coefficient (Wildman–Crippen LogP) is 4.11. The third kappa shape index (κ3) is 5.30. The first-order valence-corrected chi connectivity index (χ1v) is 8.78. The topological polar surface area (TPSA) is 56.8 Å². The second-order valence-electron chi connectivity index (χ2n) is 4.79. The van der Waals surface area contributed by atoms with Crippen LogP contribution in [0.2, 0.25) is 0 Å². The quantitative estimate of drug-likeness (QED) is 0.627. The van der Waals surface area contributed by atoms with Crippen LogP contribution in [0.15, 0.2) is 42.5 Å². The number of nitrogens with one attached hydrogen (secondary N) is 1. The zero-order chi connectivity index (χ0) is 17.4. The van der Waals surface area contributed by atoms with E-state index in [0.29, 0.717) is 36.1 Å². The standard InChI is InChI=1S/C18H20INO4/c1-3-22-16-10-9-13(11-17(16)23-4-2)20-18(21)12-24-15-8-6-5-7-14(15)19/h5-11H,3-4,12H2,1-2H3,(H,20,21). The highest BCUT2D eigenvalue weighted by atomic mass is 127. The first-order chi connectivity index (χ1) is 11.6. The lowest BCUT2D eigenvalue weighted by Crippen LogP contribution is -2.20. The number of hydrogen-bond donors (Lipinski definition) is 1. The molecule has 2 rings (SSSR count). The van der Waals surface area contributed by atoms with Gasteiger partial charge in [-0.05, 0) is 60.7 Å². The van der Waals surface area contributed by atoms with Gasteiger partial charge >= 0.3 is 0 Å². The molecule has 0 spiro atoms. The van der Waals surface area contributed by atoms with Crippen molar-refractivity contribution in [3.8, 4) is 17.2 Å². The average molecular weight is 441 g/mol. The van der Waals surface area contributed by atoms with Crippen LogP contribution >= 0.6 is 22.6 Å². The lowest BCUT2D eigenvalue weighted by molar-refractivity contribution is -0.118. The summed E-state index contributed by atoms with van der Waals surface area (Å²) in [4.78, 5) is 12.1. The van der Waals surface area contributed by atoms with Gasteiger partial charge in [0, 0.05) is 11.8 Å². The summed E-state index contributed by atoms with van der Waals surface area (Å²) >= 11 is 2.17. The van der Waals surface area contributed by atoms with Gasteiger partial charge in [-0.1, -0.05) is 12.1 Å². The largest absolute Gasteiger partial charge is 0.490 e. The number of anilines is 1. The van der Waals surface area contributed by atoms with Crippen LogP contribution in [0.25, 0.3) is 0 Å². The molecular weight excluding hydrogens is 421 g/mol. The fraction of sp³-hybridized carbons (Fsp3) is 0.278. The number of para-hydroxylation sites is 1. The number of carbonyl (C=O) groups is 1. The van der Waals surface area contributed by atoms with Crippen molar-refractivity contribution in [2.45, 2.75) is 13.8 Å². The van der Waals surface area contributed by atoms with Gasteiger partial charge in [0.25, 0.3) is 5.91 Å². The molecule has 0 saturated carbocycles. The van der Waals surface area contributed by atoms with Crippen LogP contribution in [0.3, 0.4) is 0 Å². The molecule has 5 nitrogen and oxygen atoms in total. The molecule has 0 aromatic heterocycles. The molecule has 24 heavy (non-hydrogen) atoms. The number of amides is 1. The van der Waals surface area contributed by atoms with Crippen molar-refractivity contribution >= 4 is 34.2 Å². The molecule has 6 heteroatoms. The molecule has 1 amide bonds. The Bertz CT molecular complexity index is 690.